The summed E-state index contributed by atoms with van der Waals surface area (Å²) in [6.45, 7) is 6.26. The van der Waals surface area contributed by atoms with Crippen LogP contribution in [0.4, 0.5) is 5.82 Å². The zero-order valence-corrected chi connectivity index (χ0v) is 18.8. The standard InChI is InChI=1S/C26H31N5O/c1-20(32)29-13-15-30(16-14-29)23-9-10-26(22-5-3-2-4-6-22)11-12-31(24(26)17-23)25-8-7-21(18-27)19-28-25/h2-8,19,23-24H,9-17H2,1H3/t23-,24+,26+/m1/s1. The van der Waals surface area contributed by atoms with E-state index in [0.717, 1.165) is 51.4 Å². The number of nitriles is 1. The molecule has 0 spiro atoms. The van der Waals surface area contributed by atoms with Crippen LogP contribution < -0.4 is 4.90 Å². The summed E-state index contributed by atoms with van der Waals surface area (Å²) in [5.74, 6) is 1.17. The first-order valence-corrected chi connectivity index (χ1v) is 11.8. The largest absolute Gasteiger partial charge is 0.353 e. The second-order valence-electron chi connectivity index (χ2n) is 9.47. The van der Waals surface area contributed by atoms with Crippen molar-refractivity contribution in [1.29, 1.82) is 5.26 Å². The van der Waals surface area contributed by atoms with Crippen molar-refractivity contribution in [3.8, 4) is 6.07 Å². The smallest absolute Gasteiger partial charge is 0.219 e. The highest BCUT2D eigenvalue weighted by Crippen LogP contribution is 2.50. The number of hydrogen-bond donors (Lipinski definition) is 0. The van der Waals surface area contributed by atoms with E-state index in [1.54, 1.807) is 13.1 Å². The van der Waals surface area contributed by atoms with E-state index >= 15 is 0 Å². The molecular weight excluding hydrogens is 398 g/mol. The van der Waals surface area contributed by atoms with Gasteiger partial charge in [0.15, 0.2) is 0 Å². The third-order valence-corrected chi connectivity index (χ3v) is 8.03. The first-order valence-electron chi connectivity index (χ1n) is 11.8. The second-order valence-corrected chi connectivity index (χ2v) is 9.47. The van der Waals surface area contributed by atoms with E-state index in [4.69, 9.17) is 5.26 Å². The topological polar surface area (TPSA) is 63.5 Å². The van der Waals surface area contributed by atoms with Gasteiger partial charge in [0.1, 0.15) is 11.9 Å². The number of nitrogens with zero attached hydrogens (tertiary/aromatic N) is 5. The van der Waals surface area contributed by atoms with Crippen LogP contribution in [0.5, 0.6) is 0 Å². The molecule has 1 aliphatic carbocycles. The molecule has 6 nitrogen and oxygen atoms in total. The van der Waals surface area contributed by atoms with Crippen LogP contribution in [0.1, 0.15) is 43.7 Å². The number of carbonyl (C=O) groups excluding carboxylic acids is 1. The van der Waals surface area contributed by atoms with E-state index in [2.05, 4.69) is 51.2 Å². The summed E-state index contributed by atoms with van der Waals surface area (Å²) in [6.07, 6.45) is 6.30. The molecule has 3 heterocycles. The van der Waals surface area contributed by atoms with Gasteiger partial charge in [-0.1, -0.05) is 30.3 Å². The minimum absolute atomic E-state index is 0.147. The van der Waals surface area contributed by atoms with Crippen molar-refractivity contribution in [2.24, 2.45) is 0 Å². The number of aromatic nitrogens is 1. The maximum atomic E-state index is 11.7. The Bertz CT molecular complexity index is 993. The molecule has 1 aromatic heterocycles. The van der Waals surface area contributed by atoms with Gasteiger partial charge in [-0.15, -0.1) is 0 Å². The number of anilines is 1. The van der Waals surface area contributed by atoms with Crippen LogP contribution in [0, 0.1) is 11.3 Å². The average Bonchev–Trinajstić information content (AvgIpc) is 3.24. The fourth-order valence-corrected chi connectivity index (χ4v) is 6.27. The predicted molar refractivity (Wildman–Crippen MR) is 124 cm³/mol. The first kappa shape index (κ1) is 21.0. The number of pyridine rings is 1. The molecule has 3 atom stereocenters. The lowest BCUT2D eigenvalue weighted by Gasteiger charge is -2.49. The summed E-state index contributed by atoms with van der Waals surface area (Å²) >= 11 is 0. The van der Waals surface area contributed by atoms with Crippen LogP contribution >= 0.6 is 0 Å². The molecule has 1 aromatic carbocycles. The lowest BCUT2D eigenvalue weighted by atomic mass is 9.64. The van der Waals surface area contributed by atoms with Crippen LogP contribution in [0.25, 0.3) is 0 Å². The van der Waals surface area contributed by atoms with E-state index in [-0.39, 0.29) is 11.3 Å². The molecule has 0 bridgehead atoms. The minimum Gasteiger partial charge on any atom is -0.353 e. The Morgan fingerprint density at radius 1 is 1.06 bits per heavy atom. The summed E-state index contributed by atoms with van der Waals surface area (Å²) in [6, 6.07) is 18.0. The van der Waals surface area contributed by atoms with E-state index in [9.17, 15) is 4.79 Å². The maximum Gasteiger partial charge on any atom is 0.219 e. The summed E-state index contributed by atoms with van der Waals surface area (Å²) in [5, 5.41) is 9.17. The predicted octanol–water partition coefficient (Wildman–Crippen LogP) is 3.19. The molecule has 166 valence electrons. The van der Waals surface area contributed by atoms with Gasteiger partial charge in [0, 0.05) is 63.3 Å². The number of benzene rings is 1. The molecular formula is C26H31N5O. The summed E-state index contributed by atoms with van der Waals surface area (Å²) < 4.78 is 0. The summed E-state index contributed by atoms with van der Waals surface area (Å²) in [5.41, 5.74) is 2.20. The van der Waals surface area contributed by atoms with Gasteiger partial charge in [-0.3, -0.25) is 9.69 Å². The molecule has 32 heavy (non-hydrogen) atoms. The average molecular weight is 430 g/mol. The fraction of sp³-hybridized carbons (Fsp3) is 0.500. The molecule has 1 saturated carbocycles. The molecule has 5 rings (SSSR count). The lowest BCUT2D eigenvalue weighted by molar-refractivity contribution is -0.131. The first-order chi connectivity index (χ1) is 15.6. The van der Waals surface area contributed by atoms with Crippen LogP contribution in [0.3, 0.4) is 0 Å². The Morgan fingerprint density at radius 3 is 2.50 bits per heavy atom. The minimum atomic E-state index is 0.147. The van der Waals surface area contributed by atoms with Gasteiger partial charge in [0.2, 0.25) is 5.91 Å². The molecule has 2 saturated heterocycles. The van der Waals surface area contributed by atoms with E-state index in [1.807, 2.05) is 17.0 Å². The Morgan fingerprint density at radius 2 is 1.84 bits per heavy atom. The van der Waals surface area contributed by atoms with E-state index in [0.29, 0.717) is 17.6 Å². The number of amides is 1. The Kier molecular flexibility index (Phi) is 5.60. The van der Waals surface area contributed by atoms with Crippen LogP contribution in [-0.4, -0.2) is 65.5 Å². The molecule has 1 amide bonds. The molecule has 6 heteroatoms. The van der Waals surface area contributed by atoms with Gasteiger partial charge < -0.3 is 9.80 Å². The number of carbonyl (C=O) groups is 1. The van der Waals surface area contributed by atoms with E-state index in [1.165, 1.54) is 18.4 Å². The normalized spacial score (nSPS) is 28.2. The van der Waals surface area contributed by atoms with Crippen molar-refractivity contribution in [1.82, 2.24) is 14.8 Å². The fourth-order valence-electron chi connectivity index (χ4n) is 6.27. The van der Waals surface area contributed by atoms with Crippen molar-refractivity contribution in [3.63, 3.8) is 0 Å². The zero-order chi connectivity index (χ0) is 22.1. The number of fused-ring (bicyclic) bond motifs is 1. The lowest BCUT2D eigenvalue weighted by Crippen LogP contribution is -2.57. The number of rotatable bonds is 3. The monoisotopic (exact) mass is 429 g/mol. The van der Waals surface area contributed by atoms with Crippen molar-refractivity contribution in [2.45, 2.75) is 50.1 Å². The highest BCUT2D eigenvalue weighted by Gasteiger charge is 2.52. The quantitative estimate of drug-likeness (QED) is 0.750. The van der Waals surface area contributed by atoms with Gasteiger partial charge >= 0.3 is 0 Å². The van der Waals surface area contributed by atoms with Gasteiger partial charge in [-0.05, 0) is 43.4 Å². The van der Waals surface area contributed by atoms with Gasteiger partial charge in [0.25, 0.3) is 0 Å². The zero-order valence-electron chi connectivity index (χ0n) is 18.8. The Balaban J connectivity index is 1.42. The second kappa shape index (κ2) is 8.55. The molecule has 0 N–H and O–H groups in total. The Labute approximate surface area is 190 Å². The number of hydrogen-bond acceptors (Lipinski definition) is 5. The summed E-state index contributed by atoms with van der Waals surface area (Å²) in [4.78, 5) is 23.5. The van der Waals surface area contributed by atoms with Crippen LogP contribution in [0.15, 0.2) is 48.7 Å². The van der Waals surface area contributed by atoms with Crippen molar-refractivity contribution < 1.29 is 4.79 Å². The molecule has 2 aliphatic heterocycles. The highest BCUT2D eigenvalue weighted by molar-refractivity contribution is 5.73. The third kappa shape index (κ3) is 3.65. The number of piperazine rings is 1. The summed E-state index contributed by atoms with van der Waals surface area (Å²) in [7, 11) is 0. The SMILES string of the molecule is CC(=O)N1CCN([C@@H]2CC[C@@]3(c4ccccc4)CCN(c4ccc(C#N)cn4)[C@H]3C2)CC1. The van der Waals surface area contributed by atoms with Gasteiger partial charge in [-0.25, -0.2) is 4.98 Å². The third-order valence-electron chi connectivity index (χ3n) is 8.03. The van der Waals surface area contributed by atoms with Gasteiger partial charge in [-0.2, -0.15) is 5.26 Å². The van der Waals surface area contributed by atoms with Crippen LogP contribution in [-0.2, 0) is 10.2 Å². The van der Waals surface area contributed by atoms with E-state index < -0.39 is 0 Å². The Hall–Kier alpha value is -2.91. The van der Waals surface area contributed by atoms with Crippen molar-refractivity contribution in [2.75, 3.05) is 37.6 Å². The molecule has 0 unspecified atom stereocenters. The van der Waals surface area contributed by atoms with Crippen molar-refractivity contribution in [3.05, 3.63) is 59.8 Å². The molecule has 2 aromatic rings. The highest BCUT2D eigenvalue weighted by atomic mass is 16.2. The van der Waals surface area contributed by atoms with Crippen LogP contribution in [0.2, 0.25) is 0 Å². The molecule has 0 radical (unpaired) electrons. The van der Waals surface area contributed by atoms with Crippen molar-refractivity contribution >= 4 is 11.7 Å². The van der Waals surface area contributed by atoms with Gasteiger partial charge in [0.05, 0.1) is 5.56 Å². The molecule has 3 fully saturated rings. The molecule has 3 aliphatic rings. The maximum absolute atomic E-state index is 11.7.